The van der Waals surface area contributed by atoms with Crippen molar-refractivity contribution in [3.63, 3.8) is 0 Å². The number of nitrogens with zero attached hydrogens (tertiary/aromatic N) is 2. The Morgan fingerprint density at radius 2 is 1.60 bits per heavy atom. The predicted molar refractivity (Wildman–Crippen MR) is 124 cm³/mol. The molecule has 0 radical (unpaired) electrons. The zero-order valence-corrected chi connectivity index (χ0v) is 19.5. The highest BCUT2D eigenvalue weighted by molar-refractivity contribution is 7.98. The maximum Gasteiger partial charge on any atom is 0.264 e. The van der Waals surface area contributed by atoms with Crippen LogP contribution in [0.4, 0.5) is 5.69 Å². The first-order valence-electron chi connectivity index (χ1n) is 10.3. The summed E-state index contributed by atoms with van der Waals surface area (Å²) >= 11 is 1.56. The fourth-order valence-corrected chi connectivity index (χ4v) is 5.63. The smallest absolute Gasteiger partial charge is 0.264 e. The second kappa shape index (κ2) is 9.88. The fraction of sp³-hybridized carbons (Fsp3) is 0.435. The quantitative estimate of drug-likeness (QED) is 0.578. The summed E-state index contributed by atoms with van der Waals surface area (Å²) in [6.45, 7) is 1.74. The average molecular weight is 447 g/mol. The van der Waals surface area contributed by atoms with Gasteiger partial charge in [0.1, 0.15) is 6.54 Å². The van der Waals surface area contributed by atoms with Crippen molar-refractivity contribution < 1.29 is 13.2 Å². The maximum absolute atomic E-state index is 13.5. The van der Waals surface area contributed by atoms with Gasteiger partial charge < -0.3 is 4.90 Å². The Kier molecular flexibility index (Phi) is 7.47. The van der Waals surface area contributed by atoms with Crippen molar-refractivity contribution in [3.8, 4) is 0 Å². The number of thioether (sulfide) groups is 1. The van der Waals surface area contributed by atoms with E-state index in [1.165, 1.54) is 10.7 Å². The number of benzene rings is 2. The van der Waals surface area contributed by atoms with Gasteiger partial charge in [-0.05, 0) is 62.4 Å². The number of anilines is 1. The van der Waals surface area contributed by atoms with E-state index in [-0.39, 0.29) is 23.4 Å². The second-order valence-electron chi connectivity index (χ2n) is 7.82. The van der Waals surface area contributed by atoms with Gasteiger partial charge in [-0.3, -0.25) is 9.10 Å². The molecule has 7 heteroatoms. The molecule has 30 heavy (non-hydrogen) atoms. The Labute approximate surface area is 184 Å². The zero-order valence-electron chi connectivity index (χ0n) is 17.9. The number of hydrogen-bond acceptors (Lipinski definition) is 4. The Hall–Kier alpha value is -1.99. The Balaban J connectivity index is 1.91. The van der Waals surface area contributed by atoms with Crippen LogP contribution in [0.25, 0.3) is 0 Å². The van der Waals surface area contributed by atoms with Crippen LogP contribution in [0.5, 0.6) is 0 Å². The van der Waals surface area contributed by atoms with Gasteiger partial charge in [0, 0.05) is 18.0 Å². The minimum atomic E-state index is -3.87. The molecular formula is C23H30N2O3S2. The van der Waals surface area contributed by atoms with E-state index in [1.807, 2.05) is 25.3 Å². The molecule has 1 aliphatic rings. The van der Waals surface area contributed by atoms with Crippen LogP contribution in [0.3, 0.4) is 0 Å². The lowest BCUT2D eigenvalue weighted by Gasteiger charge is -2.33. The number of carbonyl (C=O) groups is 1. The number of rotatable bonds is 7. The lowest BCUT2D eigenvalue weighted by molar-refractivity contribution is -0.130. The standard InChI is InChI=1S/C23H30N2O3S2/c1-18-9-11-20(12-10-18)25(17-23(26)24(2)19-7-5-4-6-8-19)30(27,28)22-15-13-21(29-3)14-16-22/h9-16,19H,4-8,17H2,1-3H3. The lowest BCUT2D eigenvalue weighted by Crippen LogP contribution is -2.45. The molecule has 0 atom stereocenters. The molecule has 162 valence electrons. The summed E-state index contributed by atoms with van der Waals surface area (Å²) in [6, 6.07) is 14.2. The van der Waals surface area contributed by atoms with Gasteiger partial charge >= 0.3 is 0 Å². The van der Waals surface area contributed by atoms with Crippen LogP contribution in [-0.4, -0.2) is 45.1 Å². The van der Waals surface area contributed by atoms with E-state index in [0.29, 0.717) is 5.69 Å². The molecule has 0 aromatic heterocycles. The average Bonchev–Trinajstić information content (AvgIpc) is 2.78. The van der Waals surface area contributed by atoms with Crippen molar-refractivity contribution in [2.24, 2.45) is 0 Å². The summed E-state index contributed by atoms with van der Waals surface area (Å²) < 4.78 is 28.2. The van der Waals surface area contributed by atoms with E-state index < -0.39 is 10.0 Å². The van der Waals surface area contributed by atoms with Crippen LogP contribution >= 0.6 is 11.8 Å². The van der Waals surface area contributed by atoms with Gasteiger partial charge in [-0.25, -0.2) is 8.42 Å². The predicted octanol–water partition coefficient (Wildman–Crippen LogP) is 4.70. The molecule has 2 aromatic carbocycles. The van der Waals surface area contributed by atoms with Gasteiger partial charge in [0.2, 0.25) is 5.91 Å². The molecule has 0 spiro atoms. The van der Waals surface area contributed by atoms with E-state index in [2.05, 4.69) is 0 Å². The molecule has 0 bridgehead atoms. The third-order valence-corrected chi connectivity index (χ3v) is 8.30. The fourth-order valence-electron chi connectivity index (χ4n) is 3.81. The van der Waals surface area contributed by atoms with Gasteiger partial charge in [0.25, 0.3) is 10.0 Å². The summed E-state index contributed by atoms with van der Waals surface area (Å²) in [5, 5.41) is 0. The van der Waals surface area contributed by atoms with Gasteiger partial charge in [0.05, 0.1) is 10.6 Å². The summed E-state index contributed by atoms with van der Waals surface area (Å²) in [5.41, 5.74) is 1.53. The maximum atomic E-state index is 13.5. The summed E-state index contributed by atoms with van der Waals surface area (Å²) in [7, 11) is -2.08. The summed E-state index contributed by atoms with van der Waals surface area (Å²) in [6.07, 6.45) is 7.34. The van der Waals surface area contributed by atoms with Crippen LogP contribution < -0.4 is 4.31 Å². The minimum Gasteiger partial charge on any atom is -0.341 e. The molecule has 5 nitrogen and oxygen atoms in total. The lowest BCUT2D eigenvalue weighted by atomic mass is 9.94. The Morgan fingerprint density at radius 1 is 1.00 bits per heavy atom. The van der Waals surface area contributed by atoms with Gasteiger partial charge in [-0.2, -0.15) is 0 Å². The largest absolute Gasteiger partial charge is 0.341 e. The zero-order chi connectivity index (χ0) is 21.7. The Bertz CT molecular complexity index is 951. The van der Waals surface area contributed by atoms with Gasteiger partial charge in [-0.15, -0.1) is 11.8 Å². The molecule has 0 heterocycles. The summed E-state index contributed by atoms with van der Waals surface area (Å²) in [4.78, 5) is 16.0. The van der Waals surface area contributed by atoms with Crippen LogP contribution in [-0.2, 0) is 14.8 Å². The van der Waals surface area contributed by atoms with E-state index in [9.17, 15) is 13.2 Å². The highest BCUT2D eigenvalue weighted by atomic mass is 32.2. The van der Waals surface area contributed by atoms with Crippen molar-refractivity contribution in [3.05, 3.63) is 54.1 Å². The SMILES string of the molecule is CSc1ccc(S(=O)(=O)N(CC(=O)N(C)C2CCCCC2)c2ccc(C)cc2)cc1. The molecule has 2 aromatic rings. The number of aryl methyl sites for hydroxylation is 1. The van der Waals surface area contributed by atoms with Crippen molar-refractivity contribution >= 4 is 33.4 Å². The van der Waals surface area contributed by atoms with Crippen molar-refractivity contribution in [2.75, 3.05) is 24.2 Å². The van der Waals surface area contributed by atoms with Gasteiger partial charge in [0.15, 0.2) is 0 Å². The monoisotopic (exact) mass is 446 g/mol. The number of carbonyl (C=O) groups excluding carboxylic acids is 1. The molecule has 0 unspecified atom stereocenters. The molecule has 0 aliphatic heterocycles. The minimum absolute atomic E-state index is 0.174. The van der Waals surface area contributed by atoms with Crippen LogP contribution in [0.15, 0.2) is 58.3 Å². The number of likely N-dealkylation sites (N-methyl/N-ethyl adjacent to an activating group) is 1. The molecule has 1 fully saturated rings. The third-order valence-electron chi connectivity index (χ3n) is 5.76. The van der Waals surface area contributed by atoms with Gasteiger partial charge in [-0.1, -0.05) is 37.0 Å². The molecule has 1 saturated carbocycles. The van der Waals surface area contributed by atoms with E-state index in [1.54, 1.807) is 60.1 Å². The van der Waals surface area contributed by atoms with Crippen molar-refractivity contribution in [2.45, 2.75) is 54.9 Å². The molecule has 0 N–H and O–H groups in total. The first-order chi connectivity index (χ1) is 14.3. The van der Waals surface area contributed by atoms with E-state index in [4.69, 9.17) is 0 Å². The first kappa shape index (κ1) is 22.7. The van der Waals surface area contributed by atoms with E-state index >= 15 is 0 Å². The highest BCUT2D eigenvalue weighted by Gasteiger charge is 2.30. The topological polar surface area (TPSA) is 57.7 Å². The van der Waals surface area contributed by atoms with Crippen LogP contribution in [0.1, 0.15) is 37.7 Å². The normalized spacial score (nSPS) is 15.0. The molecule has 1 aliphatic carbocycles. The second-order valence-corrected chi connectivity index (χ2v) is 10.6. The third kappa shape index (κ3) is 5.19. The molecule has 3 rings (SSSR count). The number of amides is 1. The van der Waals surface area contributed by atoms with E-state index in [0.717, 1.165) is 36.1 Å². The molecule has 0 saturated heterocycles. The molecule has 1 amide bonds. The van der Waals surface area contributed by atoms with Crippen LogP contribution in [0, 0.1) is 6.92 Å². The van der Waals surface area contributed by atoms with Crippen LogP contribution in [0.2, 0.25) is 0 Å². The first-order valence-corrected chi connectivity index (χ1v) is 13.0. The molecular weight excluding hydrogens is 416 g/mol. The van der Waals surface area contributed by atoms with Crippen molar-refractivity contribution in [1.82, 2.24) is 4.90 Å². The van der Waals surface area contributed by atoms with Crippen molar-refractivity contribution in [1.29, 1.82) is 0 Å². The Morgan fingerprint density at radius 3 is 2.17 bits per heavy atom. The highest BCUT2D eigenvalue weighted by Crippen LogP contribution is 2.27. The number of sulfonamides is 1. The number of hydrogen-bond donors (Lipinski definition) is 0. The summed E-state index contributed by atoms with van der Waals surface area (Å²) in [5.74, 6) is -0.174.